The summed E-state index contributed by atoms with van der Waals surface area (Å²) in [4.78, 5) is 50.9. The normalized spacial score (nSPS) is 17.4. The summed E-state index contributed by atoms with van der Waals surface area (Å²) in [6.07, 6.45) is 5.22. The third-order valence-electron chi connectivity index (χ3n) is 6.19. The lowest BCUT2D eigenvalue weighted by Gasteiger charge is -2.25. The van der Waals surface area contributed by atoms with Crippen molar-refractivity contribution in [3.8, 4) is 5.75 Å². The Hall–Kier alpha value is -2.83. The highest BCUT2D eigenvalue weighted by Gasteiger charge is 2.31. The van der Waals surface area contributed by atoms with Crippen molar-refractivity contribution in [2.24, 2.45) is 5.73 Å². The van der Waals surface area contributed by atoms with E-state index in [1.807, 2.05) is 6.26 Å². The molecule has 0 aliphatic carbocycles. The van der Waals surface area contributed by atoms with E-state index in [0.29, 0.717) is 37.1 Å². The molecule has 37 heavy (non-hydrogen) atoms. The number of phenols is 1. The number of carboxylic acid groups (broad SMARTS) is 1. The molecular formula is C25H39N5O6S. The summed E-state index contributed by atoms with van der Waals surface area (Å²) in [5.74, 6) is -1.96. The molecular weight excluding hydrogens is 498 g/mol. The van der Waals surface area contributed by atoms with Gasteiger partial charge in [0.15, 0.2) is 0 Å². The van der Waals surface area contributed by atoms with E-state index in [1.165, 1.54) is 23.9 Å². The van der Waals surface area contributed by atoms with Crippen LogP contribution in [0.5, 0.6) is 5.75 Å². The monoisotopic (exact) mass is 537 g/mol. The summed E-state index contributed by atoms with van der Waals surface area (Å²) >= 11 is 1.47. The fraction of sp³-hybridized carbons (Fsp3) is 0.600. The molecule has 2 rings (SSSR count). The second-order valence-corrected chi connectivity index (χ2v) is 10.1. The number of unbranched alkanes of at least 4 members (excludes halogenated alkanes) is 1. The maximum absolute atomic E-state index is 13.4. The number of carboxylic acids is 1. The molecule has 0 bridgehead atoms. The molecule has 11 nitrogen and oxygen atoms in total. The smallest absolute Gasteiger partial charge is 0.326 e. The Labute approximate surface area is 221 Å². The van der Waals surface area contributed by atoms with Gasteiger partial charge in [0.2, 0.25) is 17.7 Å². The van der Waals surface area contributed by atoms with Crippen molar-refractivity contribution in [1.29, 1.82) is 0 Å². The quantitative estimate of drug-likeness (QED) is 0.144. The highest BCUT2D eigenvalue weighted by Crippen LogP contribution is 2.13. The van der Waals surface area contributed by atoms with Crippen LogP contribution in [0.2, 0.25) is 0 Å². The average molecular weight is 538 g/mol. The topological polar surface area (TPSA) is 183 Å². The van der Waals surface area contributed by atoms with Crippen molar-refractivity contribution in [1.82, 2.24) is 21.3 Å². The minimum atomic E-state index is -1.14. The summed E-state index contributed by atoms with van der Waals surface area (Å²) in [5, 5.41) is 30.3. The van der Waals surface area contributed by atoms with Gasteiger partial charge in [0.05, 0.1) is 6.04 Å². The summed E-state index contributed by atoms with van der Waals surface area (Å²) in [6, 6.07) is 2.87. The van der Waals surface area contributed by atoms with Crippen molar-refractivity contribution in [3.05, 3.63) is 29.8 Å². The molecule has 1 aliphatic heterocycles. The van der Waals surface area contributed by atoms with Gasteiger partial charge in [-0.25, -0.2) is 4.79 Å². The number of nitrogens with two attached hydrogens (primary N) is 1. The molecule has 0 saturated carbocycles. The standard InChI is InChI=1S/C25H39N5O6S/c1-37-14-11-20(25(35)36)29-23(33)19(5-2-3-12-26)28-24(34)21(15-16-7-9-17(31)10-8-16)30-22(32)18-6-4-13-27-18/h7-10,18-21,27,31H,2-6,11-15,26H2,1H3,(H,28,34)(H,29,33)(H,30,32)(H,35,36). The second kappa shape index (κ2) is 16.1. The first-order valence-corrected chi connectivity index (χ1v) is 14.0. The number of phenolic OH excluding ortho intramolecular Hbond substituents is 1. The highest BCUT2D eigenvalue weighted by atomic mass is 32.2. The van der Waals surface area contributed by atoms with Crippen LogP contribution in [0.4, 0.5) is 0 Å². The predicted molar refractivity (Wildman–Crippen MR) is 142 cm³/mol. The van der Waals surface area contributed by atoms with Crippen molar-refractivity contribution >= 4 is 35.5 Å². The Balaban J connectivity index is 2.18. The zero-order chi connectivity index (χ0) is 27.2. The van der Waals surface area contributed by atoms with E-state index in [-0.39, 0.29) is 30.9 Å². The largest absolute Gasteiger partial charge is 0.508 e. The predicted octanol–water partition coefficient (Wildman–Crippen LogP) is 0.108. The van der Waals surface area contributed by atoms with Gasteiger partial charge in [-0.1, -0.05) is 12.1 Å². The van der Waals surface area contributed by atoms with Crippen molar-refractivity contribution in [2.45, 2.75) is 69.1 Å². The minimum absolute atomic E-state index is 0.0787. The molecule has 1 fully saturated rings. The van der Waals surface area contributed by atoms with Gasteiger partial charge in [0, 0.05) is 6.42 Å². The van der Waals surface area contributed by atoms with Gasteiger partial charge in [0.1, 0.15) is 23.9 Å². The molecule has 206 valence electrons. The van der Waals surface area contributed by atoms with E-state index in [0.717, 1.165) is 13.0 Å². The number of carbonyl (C=O) groups is 4. The van der Waals surface area contributed by atoms with Gasteiger partial charge in [-0.15, -0.1) is 0 Å². The molecule has 0 radical (unpaired) electrons. The fourth-order valence-corrected chi connectivity index (χ4v) is 4.53. The number of hydrogen-bond acceptors (Lipinski definition) is 8. The molecule has 8 N–H and O–H groups in total. The average Bonchev–Trinajstić information content (AvgIpc) is 3.42. The van der Waals surface area contributed by atoms with Crippen molar-refractivity contribution in [3.63, 3.8) is 0 Å². The maximum atomic E-state index is 13.4. The Morgan fingerprint density at radius 2 is 1.70 bits per heavy atom. The number of aromatic hydroxyl groups is 1. The molecule has 4 atom stereocenters. The first kappa shape index (κ1) is 30.4. The number of nitrogens with one attached hydrogen (secondary N) is 4. The number of hydrogen-bond donors (Lipinski definition) is 7. The van der Waals surface area contributed by atoms with Gasteiger partial charge in [-0.2, -0.15) is 11.8 Å². The van der Waals surface area contributed by atoms with Crippen LogP contribution in [0.25, 0.3) is 0 Å². The Morgan fingerprint density at radius 3 is 2.30 bits per heavy atom. The van der Waals surface area contributed by atoms with Crippen LogP contribution in [0.1, 0.15) is 44.1 Å². The third-order valence-corrected chi connectivity index (χ3v) is 6.84. The first-order valence-electron chi connectivity index (χ1n) is 12.6. The molecule has 1 saturated heterocycles. The van der Waals surface area contributed by atoms with E-state index in [2.05, 4.69) is 21.3 Å². The van der Waals surface area contributed by atoms with Gasteiger partial charge in [-0.3, -0.25) is 14.4 Å². The van der Waals surface area contributed by atoms with E-state index >= 15 is 0 Å². The number of carbonyl (C=O) groups excluding carboxylic acids is 3. The van der Waals surface area contributed by atoms with Crippen LogP contribution in [0.15, 0.2) is 24.3 Å². The SMILES string of the molecule is CSCCC(NC(=O)C(CCCCN)NC(=O)C(Cc1ccc(O)cc1)NC(=O)C1CCCN1)C(=O)O. The van der Waals surface area contributed by atoms with E-state index in [4.69, 9.17) is 5.73 Å². The van der Waals surface area contributed by atoms with Crippen LogP contribution in [0, 0.1) is 0 Å². The van der Waals surface area contributed by atoms with Crippen LogP contribution in [-0.4, -0.2) is 83.2 Å². The van der Waals surface area contributed by atoms with Gasteiger partial charge >= 0.3 is 5.97 Å². The summed E-state index contributed by atoms with van der Waals surface area (Å²) in [5.41, 5.74) is 6.30. The molecule has 0 aromatic heterocycles. The van der Waals surface area contributed by atoms with Crippen LogP contribution in [-0.2, 0) is 25.6 Å². The van der Waals surface area contributed by atoms with E-state index in [9.17, 15) is 29.4 Å². The van der Waals surface area contributed by atoms with Crippen LogP contribution < -0.4 is 27.0 Å². The molecule has 1 aliphatic rings. The Bertz CT molecular complexity index is 894. The number of amides is 3. The van der Waals surface area contributed by atoms with Gasteiger partial charge < -0.3 is 37.2 Å². The molecule has 1 aromatic rings. The van der Waals surface area contributed by atoms with E-state index in [1.54, 1.807) is 12.1 Å². The fourth-order valence-electron chi connectivity index (χ4n) is 4.06. The van der Waals surface area contributed by atoms with E-state index < -0.39 is 42.0 Å². The number of aliphatic carboxylic acids is 1. The second-order valence-electron chi connectivity index (χ2n) is 9.11. The van der Waals surface area contributed by atoms with Crippen LogP contribution >= 0.6 is 11.8 Å². The lowest BCUT2D eigenvalue weighted by molar-refractivity contribution is -0.142. The lowest BCUT2D eigenvalue weighted by Crippen LogP contribution is -2.57. The number of rotatable bonds is 16. The minimum Gasteiger partial charge on any atom is -0.508 e. The summed E-state index contributed by atoms with van der Waals surface area (Å²) in [7, 11) is 0. The molecule has 12 heteroatoms. The molecule has 1 aromatic carbocycles. The zero-order valence-corrected chi connectivity index (χ0v) is 22.0. The third kappa shape index (κ3) is 10.6. The summed E-state index contributed by atoms with van der Waals surface area (Å²) < 4.78 is 0. The molecule has 0 spiro atoms. The molecule has 4 unspecified atom stereocenters. The Morgan fingerprint density at radius 1 is 1.03 bits per heavy atom. The van der Waals surface area contributed by atoms with Gasteiger partial charge in [0.25, 0.3) is 0 Å². The van der Waals surface area contributed by atoms with Crippen LogP contribution in [0.3, 0.4) is 0 Å². The zero-order valence-electron chi connectivity index (χ0n) is 21.2. The number of thioether (sulfide) groups is 1. The van der Waals surface area contributed by atoms with Gasteiger partial charge in [-0.05, 0) is 81.3 Å². The molecule has 1 heterocycles. The van der Waals surface area contributed by atoms with Crippen molar-refractivity contribution < 1.29 is 29.4 Å². The summed E-state index contributed by atoms with van der Waals surface area (Å²) in [6.45, 7) is 1.14. The molecule has 3 amide bonds. The first-order chi connectivity index (χ1) is 17.7. The maximum Gasteiger partial charge on any atom is 0.326 e. The Kier molecular flexibility index (Phi) is 13.2. The highest BCUT2D eigenvalue weighted by molar-refractivity contribution is 7.98. The van der Waals surface area contributed by atoms with Crippen molar-refractivity contribution in [2.75, 3.05) is 25.1 Å². The number of benzene rings is 1. The lowest BCUT2D eigenvalue weighted by atomic mass is 10.0.